The number of nitrogens with zero attached hydrogens (tertiary/aromatic N) is 1. The summed E-state index contributed by atoms with van der Waals surface area (Å²) >= 11 is 0. The van der Waals surface area contributed by atoms with Crippen molar-refractivity contribution in [2.75, 3.05) is 19.6 Å². The number of aryl methyl sites for hydroxylation is 2. The number of furan rings is 1. The first-order valence-electron chi connectivity index (χ1n) is 8.89. The first-order valence-corrected chi connectivity index (χ1v) is 8.89. The van der Waals surface area contributed by atoms with Gasteiger partial charge in [-0.05, 0) is 36.6 Å². The first kappa shape index (κ1) is 17.7. The van der Waals surface area contributed by atoms with Gasteiger partial charge in [0.25, 0.3) is 0 Å². The van der Waals surface area contributed by atoms with E-state index in [-0.39, 0.29) is 12.5 Å². The van der Waals surface area contributed by atoms with E-state index in [0.29, 0.717) is 19.4 Å². The van der Waals surface area contributed by atoms with Crippen molar-refractivity contribution >= 4 is 5.91 Å². The van der Waals surface area contributed by atoms with Crippen molar-refractivity contribution in [2.24, 2.45) is 0 Å². The van der Waals surface area contributed by atoms with Gasteiger partial charge in [-0.3, -0.25) is 9.69 Å². The van der Waals surface area contributed by atoms with Crippen LogP contribution in [-0.4, -0.2) is 41.7 Å². The van der Waals surface area contributed by atoms with E-state index in [1.165, 1.54) is 11.1 Å². The fraction of sp³-hybridized carbons (Fsp3) is 0.450. The third-order valence-corrected chi connectivity index (χ3v) is 4.61. The van der Waals surface area contributed by atoms with Crippen LogP contribution in [0.2, 0.25) is 0 Å². The Kier molecular flexibility index (Phi) is 5.89. The average Bonchev–Trinajstić information content (AvgIpc) is 3.03. The van der Waals surface area contributed by atoms with Crippen LogP contribution in [0.4, 0.5) is 0 Å². The Morgan fingerprint density at radius 3 is 2.84 bits per heavy atom. The Morgan fingerprint density at radius 1 is 1.28 bits per heavy atom. The van der Waals surface area contributed by atoms with Crippen LogP contribution in [0, 0.1) is 6.92 Å². The molecule has 0 bridgehead atoms. The molecule has 0 saturated heterocycles. The smallest absolute Gasteiger partial charge is 0.220 e. The summed E-state index contributed by atoms with van der Waals surface area (Å²) in [6.45, 7) is 4.55. The number of benzene rings is 1. The van der Waals surface area contributed by atoms with E-state index in [0.717, 1.165) is 31.0 Å². The zero-order valence-electron chi connectivity index (χ0n) is 14.7. The fourth-order valence-electron chi connectivity index (χ4n) is 3.25. The van der Waals surface area contributed by atoms with Crippen LogP contribution in [0.15, 0.2) is 40.8 Å². The van der Waals surface area contributed by atoms with Crippen molar-refractivity contribution < 1.29 is 14.3 Å². The summed E-state index contributed by atoms with van der Waals surface area (Å²) in [7, 11) is 0. The van der Waals surface area contributed by atoms with Crippen LogP contribution >= 0.6 is 0 Å². The van der Waals surface area contributed by atoms with E-state index in [1.54, 1.807) is 0 Å². The molecule has 0 aliphatic carbocycles. The fourth-order valence-corrected chi connectivity index (χ4v) is 3.25. The van der Waals surface area contributed by atoms with Gasteiger partial charge in [0, 0.05) is 39.0 Å². The Labute approximate surface area is 148 Å². The highest BCUT2D eigenvalue weighted by atomic mass is 16.3. The molecule has 5 nitrogen and oxygen atoms in total. The molecule has 1 aliphatic heterocycles. The second-order valence-corrected chi connectivity index (χ2v) is 6.72. The lowest BCUT2D eigenvalue weighted by Gasteiger charge is -2.30. The van der Waals surface area contributed by atoms with Crippen LogP contribution in [-0.2, 0) is 24.2 Å². The van der Waals surface area contributed by atoms with E-state index in [2.05, 4.69) is 34.5 Å². The van der Waals surface area contributed by atoms with E-state index in [1.807, 2.05) is 19.1 Å². The normalized spacial score (nSPS) is 15.6. The van der Waals surface area contributed by atoms with Crippen molar-refractivity contribution in [2.45, 2.75) is 38.8 Å². The van der Waals surface area contributed by atoms with Crippen molar-refractivity contribution in [3.05, 3.63) is 59.0 Å². The van der Waals surface area contributed by atoms with Crippen LogP contribution in [0.25, 0.3) is 0 Å². The van der Waals surface area contributed by atoms with Crippen molar-refractivity contribution in [1.29, 1.82) is 0 Å². The highest BCUT2D eigenvalue weighted by molar-refractivity contribution is 5.76. The minimum absolute atomic E-state index is 0.0582. The van der Waals surface area contributed by atoms with E-state index in [9.17, 15) is 9.90 Å². The number of β-amino-alcohol motifs (C(OH)–C–C–N with tert-alkyl or cyclic N) is 1. The van der Waals surface area contributed by atoms with E-state index in [4.69, 9.17) is 4.42 Å². The van der Waals surface area contributed by atoms with E-state index < -0.39 is 6.10 Å². The van der Waals surface area contributed by atoms with Gasteiger partial charge in [-0.25, -0.2) is 0 Å². The largest absolute Gasteiger partial charge is 0.466 e. The molecule has 0 saturated carbocycles. The number of aliphatic hydroxyl groups is 1. The monoisotopic (exact) mass is 342 g/mol. The lowest BCUT2D eigenvalue weighted by Crippen LogP contribution is -2.42. The Balaban J connectivity index is 1.36. The highest BCUT2D eigenvalue weighted by Gasteiger charge is 2.18. The number of rotatable bonds is 7. The van der Waals surface area contributed by atoms with Crippen molar-refractivity contribution in [1.82, 2.24) is 10.2 Å². The molecule has 134 valence electrons. The number of aliphatic hydroxyl groups excluding tert-OH is 1. The van der Waals surface area contributed by atoms with Crippen molar-refractivity contribution in [3.8, 4) is 0 Å². The predicted octanol–water partition coefficient (Wildman–Crippen LogP) is 2.06. The second kappa shape index (κ2) is 8.32. The topological polar surface area (TPSA) is 65.7 Å². The summed E-state index contributed by atoms with van der Waals surface area (Å²) in [5.74, 6) is 1.62. The molecule has 25 heavy (non-hydrogen) atoms. The minimum atomic E-state index is -0.555. The number of hydrogen-bond donors (Lipinski definition) is 2. The van der Waals surface area contributed by atoms with Gasteiger partial charge in [0.1, 0.15) is 11.5 Å². The van der Waals surface area contributed by atoms with Gasteiger partial charge >= 0.3 is 0 Å². The van der Waals surface area contributed by atoms with Gasteiger partial charge in [-0.1, -0.05) is 24.3 Å². The molecule has 1 aromatic carbocycles. The molecule has 1 atom stereocenters. The maximum atomic E-state index is 11.9. The molecule has 2 heterocycles. The molecule has 0 fully saturated rings. The third kappa shape index (κ3) is 5.18. The molecular formula is C20H26N2O3. The van der Waals surface area contributed by atoms with Crippen LogP contribution in [0.3, 0.4) is 0 Å². The number of carbonyl (C=O) groups is 1. The average molecular weight is 342 g/mol. The summed E-state index contributed by atoms with van der Waals surface area (Å²) in [5.41, 5.74) is 2.73. The van der Waals surface area contributed by atoms with Crippen LogP contribution in [0.1, 0.15) is 29.1 Å². The number of nitrogens with one attached hydrogen (secondary N) is 1. The molecule has 0 spiro atoms. The molecule has 1 aliphatic rings. The maximum absolute atomic E-state index is 11.9. The standard InChI is InChI=1S/C20H26N2O3/c1-15-6-7-19(25-15)8-9-20(24)21-12-18(23)14-22-11-10-16-4-2-3-5-17(16)13-22/h2-7,18,23H,8-14H2,1H3,(H,21,24)/t18-/m1/s1. The Morgan fingerprint density at radius 2 is 2.08 bits per heavy atom. The van der Waals surface area contributed by atoms with Crippen LogP contribution in [0.5, 0.6) is 0 Å². The molecule has 0 radical (unpaired) electrons. The Hall–Kier alpha value is -2.11. The number of hydrogen-bond acceptors (Lipinski definition) is 4. The molecule has 3 rings (SSSR count). The number of carbonyl (C=O) groups excluding carboxylic acids is 1. The second-order valence-electron chi connectivity index (χ2n) is 6.72. The Bertz CT molecular complexity index is 710. The van der Waals surface area contributed by atoms with Gasteiger partial charge in [-0.2, -0.15) is 0 Å². The lowest BCUT2D eigenvalue weighted by molar-refractivity contribution is -0.121. The number of fused-ring (bicyclic) bond motifs is 1. The van der Waals surface area contributed by atoms with Gasteiger partial charge in [0.2, 0.25) is 5.91 Å². The van der Waals surface area contributed by atoms with E-state index >= 15 is 0 Å². The van der Waals surface area contributed by atoms with Crippen LogP contribution < -0.4 is 5.32 Å². The van der Waals surface area contributed by atoms with Crippen molar-refractivity contribution in [3.63, 3.8) is 0 Å². The summed E-state index contributed by atoms with van der Waals surface area (Å²) in [5, 5.41) is 13.0. The predicted molar refractivity (Wildman–Crippen MR) is 96.2 cm³/mol. The quantitative estimate of drug-likeness (QED) is 0.808. The minimum Gasteiger partial charge on any atom is -0.466 e. The highest BCUT2D eigenvalue weighted by Crippen LogP contribution is 2.18. The van der Waals surface area contributed by atoms with Gasteiger partial charge in [0.15, 0.2) is 0 Å². The molecule has 1 aromatic heterocycles. The SMILES string of the molecule is Cc1ccc(CCC(=O)NC[C@@H](O)CN2CCc3ccccc3C2)o1. The molecular weight excluding hydrogens is 316 g/mol. The lowest BCUT2D eigenvalue weighted by atomic mass is 10.00. The van der Waals surface area contributed by atoms with Gasteiger partial charge in [0.05, 0.1) is 6.10 Å². The summed E-state index contributed by atoms with van der Waals surface area (Å²) < 4.78 is 5.45. The molecule has 0 unspecified atom stereocenters. The van der Waals surface area contributed by atoms with Gasteiger partial charge < -0.3 is 14.8 Å². The summed E-state index contributed by atoms with van der Waals surface area (Å²) in [4.78, 5) is 14.1. The molecule has 2 N–H and O–H groups in total. The zero-order valence-corrected chi connectivity index (χ0v) is 14.7. The first-order chi connectivity index (χ1) is 12.1. The summed E-state index contributed by atoms with van der Waals surface area (Å²) in [6, 6.07) is 12.2. The number of amides is 1. The summed E-state index contributed by atoms with van der Waals surface area (Å²) in [6.07, 6.45) is 1.41. The molecule has 5 heteroatoms. The van der Waals surface area contributed by atoms with Gasteiger partial charge in [-0.15, -0.1) is 0 Å². The zero-order chi connectivity index (χ0) is 17.6. The third-order valence-electron chi connectivity index (χ3n) is 4.61. The molecule has 1 amide bonds. The molecule has 2 aromatic rings. The maximum Gasteiger partial charge on any atom is 0.220 e.